The summed E-state index contributed by atoms with van der Waals surface area (Å²) in [4.78, 5) is 23.6. The monoisotopic (exact) mass is 323 g/mol. The van der Waals surface area contributed by atoms with E-state index in [1.54, 1.807) is 18.5 Å². The van der Waals surface area contributed by atoms with E-state index >= 15 is 0 Å². The second-order valence-corrected chi connectivity index (χ2v) is 6.38. The van der Waals surface area contributed by atoms with Gasteiger partial charge in [0.15, 0.2) is 0 Å². The van der Waals surface area contributed by atoms with Gasteiger partial charge in [-0.1, -0.05) is 6.07 Å². The minimum Gasteiger partial charge on any atom is -0.352 e. The van der Waals surface area contributed by atoms with E-state index in [1.165, 1.54) is 5.56 Å². The largest absolute Gasteiger partial charge is 0.352 e. The number of nitrogens with one attached hydrogen (secondary N) is 1. The summed E-state index contributed by atoms with van der Waals surface area (Å²) in [5.74, 6) is 0.482. The minimum absolute atomic E-state index is 0.00478. The molecule has 0 unspecified atom stereocenters. The van der Waals surface area contributed by atoms with Crippen molar-refractivity contribution in [2.24, 2.45) is 5.92 Å². The van der Waals surface area contributed by atoms with Crippen molar-refractivity contribution in [3.8, 4) is 6.07 Å². The summed E-state index contributed by atoms with van der Waals surface area (Å²) in [6.45, 7) is 3.36. The Bertz CT molecular complexity index is 733. The molecule has 0 bridgehead atoms. The van der Waals surface area contributed by atoms with Crippen LogP contribution in [0.2, 0.25) is 0 Å². The third-order valence-electron chi connectivity index (χ3n) is 4.37. The lowest BCUT2D eigenvalue weighted by Crippen LogP contribution is -2.31. The highest BCUT2D eigenvalue weighted by molar-refractivity contribution is 5.94. The fraction of sp³-hybridized carbons (Fsp3) is 0.389. The van der Waals surface area contributed by atoms with Crippen LogP contribution in [0.4, 0.5) is 0 Å². The second-order valence-electron chi connectivity index (χ2n) is 6.38. The van der Waals surface area contributed by atoms with Gasteiger partial charge in [0.2, 0.25) is 0 Å². The Kier molecular flexibility index (Phi) is 4.92. The Morgan fingerprint density at radius 2 is 2.46 bits per heavy atom. The van der Waals surface area contributed by atoms with Crippen molar-refractivity contribution in [2.45, 2.75) is 13.0 Å². The van der Waals surface area contributed by atoms with Gasteiger partial charge in [0.05, 0.1) is 5.56 Å². The molecule has 1 N–H and O–H groups in total. The predicted molar refractivity (Wildman–Crippen MR) is 90.1 cm³/mol. The van der Waals surface area contributed by atoms with Gasteiger partial charge >= 0.3 is 0 Å². The number of H-pyrrole nitrogens is 1. The first kappa shape index (κ1) is 16.2. The SMILES string of the molecule is CN(Cc1cccnc1)C[C@@H]1CCN(C(=O)c2c[nH]c(C#N)c2)C1. The van der Waals surface area contributed by atoms with Crippen molar-refractivity contribution >= 4 is 5.91 Å². The normalized spacial score (nSPS) is 17.2. The van der Waals surface area contributed by atoms with E-state index < -0.39 is 0 Å². The molecule has 1 amide bonds. The third-order valence-corrected chi connectivity index (χ3v) is 4.37. The number of carbonyl (C=O) groups is 1. The van der Waals surface area contributed by atoms with Crippen LogP contribution in [-0.2, 0) is 6.54 Å². The fourth-order valence-corrected chi connectivity index (χ4v) is 3.24. The summed E-state index contributed by atoms with van der Waals surface area (Å²) in [5.41, 5.74) is 2.18. The summed E-state index contributed by atoms with van der Waals surface area (Å²) in [7, 11) is 2.10. The van der Waals surface area contributed by atoms with E-state index in [2.05, 4.69) is 28.0 Å². The Balaban J connectivity index is 1.51. The molecule has 6 heteroatoms. The smallest absolute Gasteiger partial charge is 0.255 e. The summed E-state index contributed by atoms with van der Waals surface area (Å²) >= 11 is 0. The molecule has 1 fully saturated rings. The van der Waals surface area contributed by atoms with E-state index in [1.807, 2.05) is 23.2 Å². The highest BCUT2D eigenvalue weighted by Gasteiger charge is 2.28. The topological polar surface area (TPSA) is 76.0 Å². The van der Waals surface area contributed by atoms with Gasteiger partial charge in [-0.15, -0.1) is 0 Å². The van der Waals surface area contributed by atoms with E-state index in [0.717, 1.165) is 32.6 Å². The maximum atomic E-state index is 12.5. The molecule has 0 spiro atoms. The number of likely N-dealkylation sites (tertiary alicyclic amines) is 1. The minimum atomic E-state index is 0.00478. The van der Waals surface area contributed by atoms with Crippen LogP contribution in [0.25, 0.3) is 0 Å². The highest BCUT2D eigenvalue weighted by atomic mass is 16.2. The van der Waals surface area contributed by atoms with Gasteiger partial charge in [-0.25, -0.2) is 0 Å². The molecule has 0 radical (unpaired) electrons. The first-order chi connectivity index (χ1) is 11.7. The van der Waals surface area contributed by atoms with Crippen LogP contribution < -0.4 is 0 Å². The van der Waals surface area contributed by atoms with Gasteiger partial charge in [-0.05, 0) is 37.1 Å². The van der Waals surface area contributed by atoms with E-state index in [0.29, 0.717) is 17.2 Å². The molecule has 1 aliphatic rings. The van der Waals surface area contributed by atoms with Gasteiger partial charge < -0.3 is 14.8 Å². The Morgan fingerprint density at radius 1 is 1.58 bits per heavy atom. The average Bonchev–Trinajstić information content (AvgIpc) is 3.24. The van der Waals surface area contributed by atoms with Crippen LogP contribution in [0.1, 0.15) is 28.0 Å². The molecular weight excluding hydrogens is 302 g/mol. The number of aromatic nitrogens is 2. The lowest BCUT2D eigenvalue weighted by molar-refractivity contribution is 0.0784. The van der Waals surface area contributed by atoms with Crippen LogP contribution in [0.3, 0.4) is 0 Å². The quantitative estimate of drug-likeness (QED) is 0.911. The zero-order valence-electron chi connectivity index (χ0n) is 13.8. The Labute approximate surface area is 141 Å². The number of pyridine rings is 1. The second kappa shape index (κ2) is 7.28. The first-order valence-electron chi connectivity index (χ1n) is 8.11. The van der Waals surface area contributed by atoms with Crippen LogP contribution in [0.5, 0.6) is 0 Å². The van der Waals surface area contributed by atoms with E-state index in [-0.39, 0.29) is 5.91 Å². The van der Waals surface area contributed by atoms with Crippen molar-refractivity contribution in [3.63, 3.8) is 0 Å². The standard InChI is InChI=1S/C18H21N5O/c1-22(11-14-3-2-5-20-9-14)12-15-4-6-23(13-15)18(24)16-7-17(8-19)21-10-16/h2-3,5,7,9-10,15,21H,4,6,11-13H2,1H3/t15-/m0/s1. The maximum absolute atomic E-state index is 12.5. The van der Waals surface area contributed by atoms with Crippen LogP contribution in [-0.4, -0.2) is 52.4 Å². The van der Waals surface area contributed by atoms with Gasteiger partial charge in [0, 0.05) is 44.8 Å². The average molecular weight is 323 g/mol. The number of aromatic amines is 1. The Hall–Kier alpha value is -2.65. The molecular formula is C18H21N5O. The number of hydrogen-bond donors (Lipinski definition) is 1. The number of nitriles is 1. The lowest BCUT2D eigenvalue weighted by atomic mass is 10.1. The molecule has 1 atom stereocenters. The van der Waals surface area contributed by atoms with E-state index in [9.17, 15) is 4.79 Å². The number of nitrogens with zero attached hydrogens (tertiary/aromatic N) is 4. The number of rotatable bonds is 5. The molecule has 24 heavy (non-hydrogen) atoms. The lowest BCUT2D eigenvalue weighted by Gasteiger charge is -2.21. The van der Waals surface area contributed by atoms with Crippen molar-refractivity contribution in [1.29, 1.82) is 5.26 Å². The maximum Gasteiger partial charge on any atom is 0.255 e. The zero-order chi connectivity index (χ0) is 16.9. The van der Waals surface area contributed by atoms with Crippen molar-refractivity contribution in [3.05, 3.63) is 53.6 Å². The molecule has 124 valence electrons. The van der Waals surface area contributed by atoms with Crippen molar-refractivity contribution in [2.75, 3.05) is 26.7 Å². The third kappa shape index (κ3) is 3.81. The van der Waals surface area contributed by atoms with Crippen LogP contribution in [0.15, 0.2) is 36.8 Å². The fourth-order valence-electron chi connectivity index (χ4n) is 3.24. The van der Waals surface area contributed by atoms with Crippen molar-refractivity contribution < 1.29 is 4.79 Å². The Morgan fingerprint density at radius 3 is 3.17 bits per heavy atom. The van der Waals surface area contributed by atoms with Gasteiger partial charge in [0.1, 0.15) is 11.8 Å². The molecule has 0 aromatic carbocycles. The molecule has 3 rings (SSSR count). The first-order valence-corrected chi connectivity index (χ1v) is 8.11. The van der Waals surface area contributed by atoms with Gasteiger partial charge in [0.25, 0.3) is 5.91 Å². The molecule has 1 saturated heterocycles. The van der Waals surface area contributed by atoms with Crippen molar-refractivity contribution in [1.82, 2.24) is 19.8 Å². The summed E-state index contributed by atoms with van der Waals surface area (Å²) in [5, 5.41) is 8.84. The molecule has 2 aromatic rings. The van der Waals surface area contributed by atoms with Gasteiger partial charge in [-0.3, -0.25) is 9.78 Å². The number of carbonyl (C=O) groups excluding carboxylic acids is 1. The zero-order valence-corrected chi connectivity index (χ0v) is 13.8. The number of amides is 1. The molecule has 6 nitrogen and oxygen atoms in total. The van der Waals surface area contributed by atoms with Crippen LogP contribution >= 0.6 is 0 Å². The molecule has 3 heterocycles. The predicted octanol–water partition coefficient (Wildman–Crippen LogP) is 1.88. The molecule has 0 saturated carbocycles. The molecule has 2 aromatic heterocycles. The van der Waals surface area contributed by atoms with Gasteiger partial charge in [-0.2, -0.15) is 5.26 Å². The van der Waals surface area contributed by atoms with E-state index in [4.69, 9.17) is 5.26 Å². The number of hydrogen-bond acceptors (Lipinski definition) is 4. The summed E-state index contributed by atoms with van der Waals surface area (Å²) in [6.07, 6.45) is 6.30. The van der Waals surface area contributed by atoms with Crippen LogP contribution in [0, 0.1) is 17.2 Å². The molecule has 1 aliphatic heterocycles. The summed E-state index contributed by atoms with van der Waals surface area (Å²) < 4.78 is 0. The highest BCUT2D eigenvalue weighted by Crippen LogP contribution is 2.20. The molecule has 0 aliphatic carbocycles. The summed E-state index contributed by atoms with van der Waals surface area (Å²) in [6, 6.07) is 7.65.